The van der Waals surface area contributed by atoms with E-state index in [-0.39, 0.29) is 18.4 Å². The van der Waals surface area contributed by atoms with Crippen LogP contribution in [0, 0.1) is 11.8 Å². The number of nitrogens with one attached hydrogen (secondary N) is 1. The SMILES string of the molecule is CCCC(CNC(=O)C(CC)CC)C(=O)O. The molecule has 0 aliphatic rings. The number of hydrogen-bond donors (Lipinski definition) is 2. The first kappa shape index (κ1) is 14.9. The van der Waals surface area contributed by atoms with Crippen LogP contribution in [0.15, 0.2) is 0 Å². The molecule has 94 valence electrons. The normalized spacial score (nSPS) is 12.5. The van der Waals surface area contributed by atoms with Crippen LogP contribution in [0.5, 0.6) is 0 Å². The molecule has 0 fully saturated rings. The lowest BCUT2D eigenvalue weighted by molar-refractivity contribution is -0.142. The highest BCUT2D eigenvalue weighted by Crippen LogP contribution is 2.09. The molecule has 4 nitrogen and oxygen atoms in total. The van der Waals surface area contributed by atoms with Crippen molar-refractivity contribution in [2.45, 2.75) is 46.5 Å². The van der Waals surface area contributed by atoms with Gasteiger partial charge in [-0.3, -0.25) is 9.59 Å². The van der Waals surface area contributed by atoms with Crippen molar-refractivity contribution in [2.75, 3.05) is 6.54 Å². The number of carbonyl (C=O) groups is 2. The second-order valence-corrected chi connectivity index (χ2v) is 4.08. The Morgan fingerprint density at radius 1 is 1.12 bits per heavy atom. The average Bonchev–Trinajstić information content (AvgIpc) is 2.25. The molecule has 0 rings (SSSR count). The molecule has 0 aromatic carbocycles. The maximum absolute atomic E-state index is 11.6. The summed E-state index contributed by atoms with van der Waals surface area (Å²) in [4.78, 5) is 22.5. The van der Waals surface area contributed by atoms with Crippen LogP contribution in [0.4, 0.5) is 0 Å². The molecule has 1 atom stereocenters. The fourth-order valence-corrected chi connectivity index (χ4v) is 1.69. The van der Waals surface area contributed by atoms with Crippen LogP contribution in [-0.4, -0.2) is 23.5 Å². The van der Waals surface area contributed by atoms with Gasteiger partial charge in [0.15, 0.2) is 0 Å². The first-order chi connectivity index (χ1) is 7.56. The lowest BCUT2D eigenvalue weighted by Gasteiger charge is -2.16. The van der Waals surface area contributed by atoms with Gasteiger partial charge in [-0.2, -0.15) is 0 Å². The Hall–Kier alpha value is -1.06. The van der Waals surface area contributed by atoms with E-state index in [4.69, 9.17) is 5.11 Å². The van der Waals surface area contributed by atoms with Gasteiger partial charge < -0.3 is 10.4 Å². The van der Waals surface area contributed by atoms with E-state index in [0.717, 1.165) is 19.3 Å². The first-order valence-corrected chi connectivity index (χ1v) is 6.07. The molecule has 0 aromatic heterocycles. The van der Waals surface area contributed by atoms with Crippen molar-refractivity contribution in [3.8, 4) is 0 Å². The molecule has 0 saturated carbocycles. The minimum absolute atomic E-state index is 0.0103. The third-order valence-electron chi connectivity index (χ3n) is 2.87. The van der Waals surface area contributed by atoms with E-state index in [1.807, 2.05) is 20.8 Å². The van der Waals surface area contributed by atoms with E-state index in [1.54, 1.807) is 0 Å². The number of amides is 1. The van der Waals surface area contributed by atoms with Crippen molar-refractivity contribution in [3.63, 3.8) is 0 Å². The highest BCUT2D eigenvalue weighted by Gasteiger charge is 2.19. The van der Waals surface area contributed by atoms with E-state index in [9.17, 15) is 9.59 Å². The number of aliphatic carboxylic acids is 1. The number of carbonyl (C=O) groups excluding carboxylic acids is 1. The summed E-state index contributed by atoms with van der Waals surface area (Å²) in [6, 6.07) is 0. The summed E-state index contributed by atoms with van der Waals surface area (Å²) in [6.07, 6.45) is 3.03. The van der Waals surface area contributed by atoms with Gasteiger partial charge in [-0.1, -0.05) is 27.2 Å². The number of carboxylic acid groups (broad SMARTS) is 1. The smallest absolute Gasteiger partial charge is 0.308 e. The Bertz CT molecular complexity index is 224. The minimum Gasteiger partial charge on any atom is -0.481 e. The van der Waals surface area contributed by atoms with Crippen molar-refractivity contribution >= 4 is 11.9 Å². The predicted octanol–water partition coefficient (Wildman–Crippen LogP) is 2.04. The van der Waals surface area contributed by atoms with E-state index < -0.39 is 11.9 Å². The number of rotatable bonds is 8. The topological polar surface area (TPSA) is 66.4 Å². The first-order valence-electron chi connectivity index (χ1n) is 6.07. The van der Waals surface area contributed by atoms with Crippen LogP contribution in [0.25, 0.3) is 0 Å². The third-order valence-corrected chi connectivity index (χ3v) is 2.87. The van der Waals surface area contributed by atoms with E-state index in [2.05, 4.69) is 5.32 Å². The summed E-state index contributed by atoms with van der Waals surface area (Å²) in [5, 5.41) is 11.7. The largest absolute Gasteiger partial charge is 0.481 e. The molecule has 1 amide bonds. The Morgan fingerprint density at radius 2 is 1.69 bits per heavy atom. The molecular weight excluding hydrogens is 206 g/mol. The van der Waals surface area contributed by atoms with E-state index in [1.165, 1.54) is 0 Å². The Balaban J connectivity index is 4.09. The van der Waals surface area contributed by atoms with Gasteiger partial charge in [-0.05, 0) is 19.3 Å². The standard InChI is InChI=1S/C12H23NO3/c1-4-7-10(12(15)16)8-13-11(14)9(5-2)6-3/h9-10H,4-8H2,1-3H3,(H,13,14)(H,15,16). The highest BCUT2D eigenvalue weighted by atomic mass is 16.4. The van der Waals surface area contributed by atoms with Gasteiger partial charge in [0.1, 0.15) is 0 Å². The summed E-state index contributed by atoms with van der Waals surface area (Å²) in [5.41, 5.74) is 0. The molecule has 0 spiro atoms. The van der Waals surface area contributed by atoms with Crippen LogP contribution in [0.3, 0.4) is 0 Å². The van der Waals surface area contributed by atoms with Gasteiger partial charge in [0.2, 0.25) is 5.91 Å². The van der Waals surface area contributed by atoms with Crippen LogP contribution in [0.1, 0.15) is 46.5 Å². The van der Waals surface area contributed by atoms with Crippen LogP contribution >= 0.6 is 0 Å². The molecular formula is C12H23NO3. The molecule has 16 heavy (non-hydrogen) atoms. The lowest BCUT2D eigenvalue weighted by atomic mass is 10.0. The molecule has 4 heteroatoms. The summed E-state index contributed by atoms with van der Waals surface area (Å²) < 4.78 is 0. The van der Waals surface area contributed by atoms with Gasteiger partial charge in [0, 0.05) is 12.5 Å². The monoisotopic (exact) mass is 229 g/mol. The minimum atomic E-state index is -0.827. The van der Waals surface area contributed by atoms with Crippen molar-refractivity contribution in [2.24, 2.45) is 11.8 Å². The summed E-state index contributed by atoms with van der Waals surface area (Å²) in [6.45, 7) is 6.13. The lowest BCUT2D eigenvalue weighted by Crippen LogP contribution is -2.36. The van der Waals surface area contributed by atoms with Crippen molar-refractivity contribution < 1.29 is 14.7 Å². The Kier molecular flexibility index (Phi) is 7.60. The van der Waals surface area contributed by atoms with Crippen molar-refractivity contribution in [3.05, 3.63) is 0 Å². The average molecular weight is 229 g/mol. The second kappa shape index (κ2) is 8.13. The fraction of sp³-hybridized carbons (Fsp3) is 0.833. The molecule has 0 bridgehead atoms. The molecule has 0 saturated heterocycles. The van der Waals surface area contributed by atoms with Crippen LogP contribution < -0.4 is 5.32 Å². The third kappa shape index (κ3) is 5.14. The molecule has 0 radical (unpaired) electrons. The zero-order valence-electron chi connectivity index (χ0n) is 10.5. The van der Waals surface area contributed by atoms with E-state index >= 15 is 0 Å². The molecule has 1 unspecified atom stereocenters. The molecule has 0 heterocycles. The quantitative estimate of drug-likeness (QED) is 0.669. The number of carboxylic acids is 1. The molecule has 0 aromatic rings. The summed E-state index contributed by atoms with van der Waals surface area (Å²) in [7, 11) is 0. The molecule has 0 aliphatic carbocycles. The summed E-state index contributed by atoms with van der Waals surface area (Å²) in [5.74, 6) is -1.29. The van der Waals surface area contributed by atoms with Gasteiger partial charge >= 0.3 is 5.97 Å². The van der Waals surface area contributed by atoms with Crippen LogP contribution in [0.2, 0.25) is 0 Å². The van der Waals surface area contributed by atoms with E-state index in [0.29, 0.717) is 6.42 Å². The van der Waals surface area contributed by atoms with Gasteiger partial charge in [0.05, 0.1) is 5.92 Å². The van der Waals surface area contributed by atoms with Crippen LogP contribution in [-0.2, 0) is 9.59 Å². The van der Waals surface area contributed by atoms with Gasteiger partial charge in [-0.25, -0.2) is 0 Å². The Labute approximate surface area is 97.4 Å². The van der Waals surface area contributed by atoms with Crippen molar-refractivity contribution in [1.29, 1.82) is 0 Å². The van der Waals surface area contributed by atoms with Crippen molar-refractivity contribution in [1.82, 2.24) is 5.32 Å². The number of hydrogen-bond acceptors (Lipinski definition) is 2. The highest BCUT2D eigenvalue weighted by molar-refractivity contribution is 5.79. The summed E-state index contributed by atoms with van der Waals surface area (Å²) >= 11 is 0. The zero-order chi connectivity index (χ0) is 12.6. The molecule has 0 aliphatic heterocycles. The predicted molar refractivity (Wildman–Crippen MR) is 63.1 cm³/mol. The second-order valence-electron chi connectivity index (χ2n) is 4.08. The zero-order valence-corrected chi connectivity index (χ0v) is 10.5. The Morgan fingerprint density at radius 3 is 2.06 bits per heavy atom. The van der Waals surface area contributed by atoms with Gasteiger partial charge in [0.25, 0.3) is 0 Å². The maximum Gasteiger partial charge on any atom is 0.308 e. The maximum atomic E-state index is 11.6. The van der Waals surface area contributed by atoms with Gasteiger partial charge in [-0.15, -0.1) is 0 Å². The molecule has 2 N–H and O–H groups in total. The fourth-order valence-electron chi connectivity index (χ4n) is 1.69.